The van der Waals surface area contributed by atoms with E-state index in [9.17, 15) is 5.11 Å². The van der Waals surface area contributed by atoms with Crippen LogP contribution in [0.2, 0.25) is 0 Å². The molecule has 0 saturated heterocycles. The Balaban J connectivity index is 2.97. The predicted molar refractivity (Wildman–Crippen MR) is 69.7 cm³/mol. The summed E-state index contributed by atoms with van der Waals surface area (Å²) in [7, 11) is 0. The summed E-state index contributed by atoms with van der Waals surface area (Å²) in [5, 5.41) is 19.1. The number of para-hydroxylation sites is 1. The Kier molecular flexibility index (Phi) is 4.17. The van der Waals surface area contributed by atoms with Crippen molar-refractivity contribution in [2.24, 2.45) is 11.8 Å². The average molecular weight is 231 g/mol. The van der Waals surface area contributed by atoms with Crippen molar-refractivity contribution in [1.29, 1.82) is 5.26 Å². The molecule has 0 spiro atoms. The maximum absolute atomic E-state index is 9.89. The molecule has 0 aliphatic heterocycles. The molecule has 1 rings (SSSR count). The van der Waals surface area contributed by atoms with Gasteiger partial charge in [0.1, 0.15) is 5.75 Å². The number of aromatic hydroxyl groups is 1. The van der Waals surface area contributed by atoms with Crippen molar-refractivity contribution < 1.29 is 5.11 Å². The highest BCUT2D eigenvalue weighted by atomic mass is 16.3. The van der Waals surface area contributed by atoms with E-state index < -0.39 is 0 Å². The third-order valence-electron chi connectivity index (χ3n) is 3.33. The molecule has 0 saturated carbocycles. The van der Waals surface area contributed by atoms with Crippen LogP contribution in [0, 0.1) is 23.2 Å². The summed E-state index contributed by atoms with van der Waals surface area (Å²) in [6, 6.07) is 9.74. The van der Waals surface area contributed by atoms with Crippen LogP contribution in [0.15, 0.2) is 24.3 Å². The minimum atomic E-state index is -0.185. The van der Waals surface area contributed by atoms with E-state index in [-0.39, 0.29) is 11.3 Å². The summed E-state index contributed by atoms with van der Waals surface area (Å²) >= 11 is 0. The van der Waals surface area contributed by atoms with Gasteiger partial charge >= 0.3 is 0 Å². The molecule has 2 heteroatoms. The fraction of sp³-hybridized carbons (Fsp3) is 0.533. The molecule has 0 fully saturated rings. The number of phenols is 1. The Bertz CT molecular complexity index is 415. The molecule has 0 amide bonds. The lowest BCUT2D eigenvalue weighted by atomic mass is 9.74. The number of rotatable bonds is 4. The van der Waals surface area contributed by atoms with E-state index in [4.69, 9.17) is 5.26 Å². The van der Waals surface area contributed by atoms with Gasteiger partial charge in [0, 0.05) is 5.92 Å². The zero-order valence-electron chi connectivity index (χ0n) is 11.1. The molecule has 1 unspecified atom stereocenters. The second kappa shape index (κ2) is 5.23. The van der Waals surface area contributed by atoms with Crippen LogP contribution < -0.4 is 0 Å². The number of nitrogens with zero attached hydrogens (tertiary/aromatic N) is 1. The van der Waals surface area contributed by atoms with E-state index in [2.05, 4.69) is 33.8 Å². The van der Waals surface area contributed by atoms with Crippen LogP contribution >= 0.6 is 0 Å². The van der Waals surface area contributed by atoms with Crippen molar-refractivity contribution in [2.75, 3.05) is 0 Å². The van der Waals surface area contributed by atoms with E-state index in [1.807, 2.05) is 18.2 Å². The summed E-state index contributed by atoms with van der Waals surface area (Å²) in [5.74, 6) is 0.674. The first-order valence-electron chi connectivity index (χ1n) is 6.06. The van der Waals surface area contributed by atoms with Crippen LogP contribution in [0.25, 0.3) is 0 Å². The Labute approximate surface area is 104 Å². The number of hydrogen-bond donors (Lipinski definition) is 1. The lowest BCUT2D eigenvalue weighted by Crippen LogP contribution is -2.23. The van der Waals surface area contributed by atoms with Crippen molar-refractivity contribution in [3.8, 4) is 11.8 Å². The SMILES string of the molecule is CC(C)C(C#N)CC(C)(C)c1ccccc1O. The van der Waals surface area contributed by atoms with Crippen molar-refractivity contribution in [1.82, 2.24) is 0 Å². The second-order valence-corrected chi connectivity index (χ2v) is 5.58. The predicted octanol–water partition coefficient (Wildman–Crippen LogP) is 3.86. The molecular formula is C15H21NO. The molecule has 1 aromatic rings. The van der Waals surface area contributed by atoms with Crippen molar-refractivity contribution >= 4 is 0 Å². The van der Waals surface area contributed by atoms with E-state index >= 15 is 0 Å². The van der Waals surface area contributed by atoms with Crippen LogP contribution in [-0.2, 0) is 5.41 Å². The fourth-order valence-electron chi connectivity index (χ4n) is 2.14. The summed E-state index contributed by atoms with van der Waals surface area (Å²) in [6.07, 6.45) is 0.763. The summed E-state index contributed by atoms with van der Waals surface area (Å²) in [6.45, 7) is 8.28. The molecule has 0 aromatic heterocycles. The topological polar surface area (TPSA) is 44.0 Å². The standard InChI is InChI=1S/C15H21NO/c1-11(2)12(10-16)9-15(3,4)13-7-5-6-8-14(13)17/h5-8,11-12,17H,9H2,1-4H3. The van der Waals surface area contributed by atoms with Gasteiger partial charge in [0.25, 0.3) is 0 Å². The molecule has 1 atom stereocenters. The van der Waals surface area contributed by atoms with Gasteiger partial charge in [-0.05, 0) is 29.4 Å². The van der Waals surface area contributed by atoms with E-state index in [0.29, 0.717) is 11.7 Å². The maximum atomic E-state index is 9.89. The Hall–Kier alpha value is -1.49. The largest absolute Gasteiger partial charge is 0.508 e. The van der Waals surface area contributed by atoms with E-state index in [1.54, 1.807) is 6.07 Å². The van der Waals surface area contributed by atoms with Crippen LogP contribution in [0.1, 0.15) is 39.7 Å². The lowest BCUT2D eigenvalue weighted by Gasteiger charge is -2.29. The highest BCUT2D eigenvalue weighted by Gasteiger charge is 2.28. The van der Waals surface area contributed by atoms with Gasteiger partial charge in [-0.15, -0.1) is 0 Å². The molecule has 1 aromatic carbocycles. The quantitative estimate of drug-likeness (QED) is 0.855. The first kappa shape index (κ1) is 13.6. The average Bonchev–Trinajstić information content (AvgIpc) is 2.26. The summed E-state index contributed by atoms with van der Waals surface area (Å²) in [5.41, 5.74) is 0.733. The van der Waals surface area contributed by atoms with Crippen LogP contribution in [-0.4, -0.2) is 5.11 Å². The molecule has 0 heterocycles. The summed E-state index contributed by atoms with van der Waals surface area (Å²) < 4.78 is 0. The van der Waals surface area contributed by atoms with Gasteiger partial charge in [-0.25, -0.2) is 0 Å². The molecule has 17 heavy (non-hydrogen) atoms. The molecule has 2 nitrogen and oxygen atoms in total. The summed E-state index contributed by atoms with van der Waals surface area (Å²) in [4.78, 5) is 0. The van der Waals surface area contributed by atoms with E-state index in [1.165, 1.54) is 0 Å². The first-order valence-corrected chi connectivity index (χ1v) is 6.06. The second-order valence-electron chi connectivity index (χ2n) is 5.58. The molecular weight excluding hydrogens is 210 g/mol. The zero-order valence-corrected chi connectivity index (χ0v) is 11.1. The van der Waals surface area contributed by atoms with Gasteiger partial charge in [-0.3, -0.25) is 0 Å². The fourth-order valence-corrected chi connectivity index (χ4v) is 2.14. The number of phenolic OH excluding ortho intramolecular Hbond substituents is 1. The van der Waals surface area contributed by atoms with Crippen LogP contribution in [0.3, 0.4) is 0 Å². The third kappa shape index (κ3) is 3.23. The van der Waals surface area contributed by atoms with E-state index in [0.717, 1.165) is 12.0 Å². The minimum absolute atomic E-state index is 0.0182. The van der Waals surface area contributed by atoms with Crippen molar-refractivity contribution in [3.63, 3.8) is 0 Å². The zero-order chi connectivity index (χ0) is 13.1. The molecule has 92 valence electrons. The van der Waals surface area contributed by atoms with Gasteiger partial charge in [0.15, 0.2) is 0 Å². The van der Waals surface area contributed by atoms with Gasteiger partial charge in [0.05, 0.1) is 6.07 Å². The Morgan fingerprint density at radius 2 is 1.88 bits per heavy atom. The highest BCUT2D eigenvalue weighted by Crippen LogP contribution is 2.37. The maximum Gasteiger partial charge on any atom is 0.119 e. The lowest BCUT2D eigenvalue weighted by molar-refractivity contribution is 0.336. The molecule has 1 N–H and O–H groups in total. The number of hydrogen-bond acceptors (Lipinski definition) is 2. The normalized spacial score (nSPS) is 13.4. The van der Waals surface area contributed by atoms with Gasteiger partial charge in [-0.2, -0.15) is 5.26 Å². The first-order chi connectivity index (χ1) is 7.88. The molecule has 0 radical (unpaired) electrons. The minimum Gasteiger partial charge on any atom is -0.508 e. The Morgan fingerprint density at radius 1 is 1.29 bits per heavy atom. The van der Waals surface area contributed by atoms with Crippen molar-refractivity contribution in [3.05, 3.63) is 29.8 Å². The van der Waals surface area contributed by atoms with Gasteiger partial charge in [-0.1, -0.05) is 45.9 Å². The Morgan fingerprint density at radius 3 is 2.35 bits per heavy atom. The molecule has 0 aliphatic carbocycles. The number of nitriles is 1. The van der Waals surface area contributed by atoms with Crippen LogP contribution in [0.4, 0.5) is 0 Å². The number of benzene rings is 1. The molecule has 0 bridgehead atoms. The van der Waals surface area contributed by atoms with Crippen LogP contribution in [0.5, 0.6) is 5.75 Å². The highest BCUT2D eigenvalue weighted by molar-refractivity contribution is 5.37. The third-order valence-corrected chi connectivity index (χ3v) is 3.33. The van der Waals surface area contributed by atoms with Crippen molar-refractivity contribution in [2.45, 2.75) is 39.5 Å². The monoisotopic (exact) mass is 231 g/mol. The molecule has 0 aliphatic rings. The smallest absolute Gasteiger partial charge is 0.119 e. The van der Waals surface area contributed by atoms with Gasteiger partial charge in [0.2, 0.25) is 0 Å². The van der Waals surface area contributed by atoms with Gasteiger partial charge < -0.3 is 5.11 Å².